The summed E-state index contributed by atoms with van der Waals surface area (Å²) in [5.41, 5.74) is -0.693. The fourth-order valence-electron chi connectivity index (χ4n) is 3.56. The van der Waals surface area contributed by atoms with E-state index in [1.54, 1.807) is 17.9 Å². The highest BCUT2D eigenvalue weighted by Gasteiger charge is 2.38. The van der Waals surface area contributed by atoms with Crippen molar-refractivity contribution in [3.63, 3.8) is 0 Å². The van der Waals surface area contributed by atoms with E-state index < -0.39 is 23.8 Å². The van der Waals surface area contributed by atoms with Gasteiger partial charge in [-0.1, -0.05) is 11.6 Å². The number of rotatable bonds is 6. The number of aromatic nitrogens is 2. The molecule has 184 valence electrons. The lowest BCUT2D eigenvalue weighted by Gasteiger charge is -2.37. The monoisotopic (exact) mass is 499 g/mol. The van der Waals surface area contributed by atoms with Gasteiger partial charge in [0.2, 0.25) is 0 Å². The number of hydrogen-bond donors (Lipinski definition) is 3. The molecule has 2 aromatic heterocycles. The molecule has 13 heteroatoms. The van der Waals surface area contributed by atoms with E-state index >= 15 is 0 Å². The first-order valence-corrected chi connectivity index (χ1v) is 11.0. The van der Waals surface area contributed by atoms with Crippen molar-refractivity contribution in [3.05, 3.63) is 46.4 Å². The third-order valence-electron chi connectivity index (χ3n) is 5.25. The summed E-state index contributed by atoms with van der Waals surface area (Å²) < 4.78 is 40.9. The second-order valence-corrected chi connectivity index (χ2v) is 7.90. The number of amides is 3. The molecule has 0 aliphatic carbocycles. The maximum absolute atomic E-state index is 13.6. The predicted molar refractivity (Wildman–Crippen MR) is 122 cm³/mol. The zero-order valence-electron chi connectivity index (χ0n) is 18.7. The summed E-state index contributed by atoms with van der Waals surface area (Å²) in [5, 5.41) is 7.78. The molecule has 0 aromatic carbocycles. The molecule has 1 aliphatic rings. The van der Waals surface area contributed by atoms with Gasteiger partial charge in [0.1, 0.15) is 5.69 Å². The molecule has 0 bridgehead atoms. The lowest BCUT2D eigenvalue weighted by atomic mass is 10.1. The molecule has 0 spiro atoms. The van der Waals surface area contributed by atoms with Gasteiger partial charge in [0, 0.05) is 52.5 Å². The third-order valence-corrected chi connectivity index (χ3v) is 5.67. The Balaban J connectivity index is 1.70. The third kappa shape index (κ3) is 6.06. The molecular formula is C21H25ClF3N7O2. The molecule has 1 saturated heterocycles. The maximum Gasteiger partial charge on any atom is 0.435 e. The Morgan fingerprint density at radius 1 is 1.15 bits per heavy atom. The molecule has 34 heavy (non-hydrogen) atoms. The second kappa shape index (κ2) is 10.9. The number of anilines is 2. The highest BCUT2D eigenvalue weighted by atomic mass is 35.5. The van der Waals surface area contributed by atoms with E-state index in [-0.39, 0.29) is 17.2 Å². The molecule has 3 heterocycles. The van der Waals surface area contributed by atoms with Gasteiger partial charge >= 0.3 is 12.2 Å². The number of nitrogens with zero attached hydrogens (tertiary/aromatic N) is 4. The fourth-order valence-corrected chi connectivity index (χ4v) is 3.78. The fraction of sp³-hybridized carbons (Fsp3) is 0.429. The van der Waals surface area contributed by atoms with Gasteiger partial charge in [-0.25, -0.2) is 14.8 Å². The van der Waals surface area contributed by atoms with Crippen molar-refractivity contribution in [3.8, 4) is 0 Å². The smallest absolute Gasteiger partial charge is 0.367 e. The van der Waals surface area contributed by atoms with Crippen LogP contribution in [-0.4, -0.2) is 66.6 Å². The van der Waals surface area contributed by atoms with Crippen LogP contribution in [0.4, 0.5) is 29.5 Å². The van der Waals surface area contributed by atoms with Gasteiger partial charge in [0.25, 0.3) is 5.91 Å². The average Bonchev–Trinajstić information content (AvgIpc) is 2.81. The number of halogens is 4. The minimum atomic E-state index is -4.70. The van der Waals surface area contributed by atoms with Crippen LogP contribution in [0.5, 0.6) is 0 Å². The first kappa shape index (κ1) is 25.5. The first-order valence-electron chi connectivity index (χ1n) is 10.6. The minimum Gasteiger partial charge on any atom is -0.367 e. The van der Waals surface area contributed by atoms with E-state index in [0.29, 0.717) is 44.3 Å². The lowest BCUT2D eigenvalue weighted by Crippen LogP contribution is -2.46. The number of nitrogens with one attached hydrogen (secondary N) is 3. The van der Waals surface area contributed by atoms with Crippen molar-refractivity contribution >= 4 is 35.0 Å². The zero-order chi connectivity index (χ0) is 24.9. The average molecular weight is 500 g/mol. The van der Waals surface area contributed by atoms with E-state index in [1.165, 1.54) is 25.4 Å². The summed E-state index contributed by atoms with van der Waals surface area (Å²) in [6.45, 7) is 4.30. The number of piperazine rings is 1. The highest BCUT2D eigenvalue weighted by Crippen LogP contribution is 2.36. The number of carbonyl (C=O) groups is 2. The van der Waals surface area contributed by atoms with Crippen molar-refractivity contribution in [1.82, 2.24) is 25.5 Å². The summed E-state index contributed by atoms with van der Waals surface area (Å²) in [7, 11) is 1.33. The van der Waals surface area contributed by atoms with Crippen molar-refractivity contribution in [2.45, 2.75) is 19.6 Å². The molecule has 1 aliphatic heterocycles. The number of alkyl halides is 3. The molecule has 1 fully saturated rings. The van der Waals surface area contributed by atoms with E-state index in [4.69, 9.17) is 11.6 Å². The summed E-state index contributed by atoms with van der Waals surface area (Å²) in [5.74, 6) is -0.446. The van der Waals surface area contributed by atoms with E-state index in [2.05, 4.69) is 25.9 Å². The predicted octanol–water partition coefficient (Wildman–Crippen LogP) is 2.97. The molecule has 0 atom stereocenters. The quantitative estimate of drug-likeness (QED) is 0.565. The van der Waals surface area contributed by atoms with Gasteiger partial charge in [-0.05, 0) is 30.7 Å². The summed E-state index contributed by atoms with van der Waals surface area (Å²) >= 11 is 6.41. The molecule has 0 saturated carbocycles. The van der Waals surface area contributed by atoms with E-state index in [0.717, 1.165) is 5.56 Å². The van der Waals surface area contributed by atoms with Crippen LogP contribution in [0.15, 0.2) is 24.4 Å². The van der Waals surface area contributed by atoms with Crippen LogP contribution < -0.4 is 20.9 Å². The topological polar surface area (TPSA) is 102 Å². The normalized spacial score (nSPS) is 14.6. The number of carbonyl (C=O) groups excluding carboxylic acids is 2. The van der Waals surface area contributed by atoms with Gasteiger partial charge < -0.3 is 15.5 Å². The van der Waals surface area contributed by atoms with Crippen LogP contribution in [0.25, 0.3) is 0 Å². The van der Waals surface area contributed by atoms with E-state index in [9.17, 15) is 22.8 Å². The molecule has 3 N–H and O–H groups in total. The Labute approximate surface area is 199 Å². The summed E-state index contributed by atoms with van der Waals surface area (Å²) in [6.07, 6.45) is -3.16. The van der Waals surface area contributed by atoms with Crippen molar-refractivity contribution < 1.29 is 22.8 Å². The molecule has 0 unspecified atom stereocenters. The van der Waals surface area contributed by atoms with Crippen LogP contribution in [0, 0.1) is 0 Å². The van der Waals surface area contributed by atoms with Crippen LogP contribution in [0.2, 0.25) is 5.02 Å². The molecule has 9 nitrogen and oxygen atoms in total. The van der Waals surface area contributed by atoms with Crippen molar-refractivity contribution in [2.24, 2.45) is 0 Å². The first-order chi connectivity index (χ1) is 16.1. The molecule has 0 radical (unpaired) electrons. The number of urea groups is 1. The SMILES string of the molecule is CCNC(=O)Nc1nccc(CN2CCN(c3ccc(C(=O)NC)nc3C(F)(F)F)CC2)c1Cl. The second-order valence-electron chi connectivity index (χ2n) is 7.52. The molecule has 3 rings (SSSR count). The van der Waals surface area contributed by atoms with Crippen LogP contribution >= 0.6 is 11.6 Å². The van der Waals surface area contributed by atoms with Gasteiger partial charge in [0.05, 0.1) is 10.7 Å². The standard InChI is InChI=1S/C21H25ClF3N7O2/c1-3-27-20(34)30-18-16(22)13(6-7-28-18)12-31-8-10-32(11-9-31)15-5-4-14(19(33)26-2)29-17(15)21(23,24)25/h4-7H,3,8-12H2,1-2H3,(H,26,33)(H2,27,28,30,34). The Morgan fingerprint density at radius 2 is 1.85 bits per heavy atom. The van der Waals surface area contributed by atoms with Gasteiger partial charge in [-0.3, -0.25) is 15.0 Å². The van der Waals surface area contributed by atoms with Gasteiger partial charge in [-0.2, -0.15) is 13.2 Å². The summed E-state index contributed by atoms with van der Waals surface area (Å²) in [6, 6.07) is 3.89. The zero-order valence-corrected chi connectivity index (χ0v) is 19.4. The maximum atomic E-state index is 13.6. The highest BCUT2D eigenvalue weighted by molar-refractivity contribution is 6.34. The van der Waals surface area contributed by atoms with Crippen molar-refractivity contribution in [1.29, 1.82) is 0 Å². The number of pyridine rings is 2. The minimum absolute atomic E-state index is 0.0600. The van der Waals surface area contributed by atoms with Crippen LogP contribution in [-0.2, 0) is 12.7 Å². The number of hydrogen-bond acceptors (Lipinski definition) is 6. The van der Waals surface area contributed by atoms with Gasteiger partial charge in [0.15, 0.2) is 11.5 Å². The molecule has 2 aromatic rings. The van der Waals surface area contributed by atoms with E-state index in [1.807, 2.05) is 4.90 Å². The molecular weight excluding hydrogens is 475 g/mol. The van der Waals surface area contributed by atoms with Crippen LogP contribution in [0.1, 0.15) is 28.7 Å². The Kier molecular flexibility index (Phi) is 8.15. The largest absolute Gasteiger partial charge is 0.435 e. The molecule has 3 amide bonds. The van der Waals surface area contributed by atoms with Gasteiger partial charge in [-0.15, -0.1) is 0 Å². The van der Waals surface area contributed by atoms with Crippen molar-refractivity contribution in [2.75, 3.05) is 50.0 Å². The lowest BCUT2D eigenvalue weighted by molar-refractivity contribution is -0.140. The van der Waals surface area contributed by atoms with Crippen LogP contribution in [0.3, 0.4) is 0 Å². The Morgan fingerprint density at radius 3 is 2.47 bits per heavy atom. The summed E-state index contributed by atoms with van der Waals surface area (Å²) in [4.78, 5) is 34.8. The Hall–Kier alpha value is -3.12. The Bertz CT molecular complexity index is 1040.